The SMILES string of the molecule is CCCCCCCCCCCCCCCCCC(=O)O[Si](=O)O. The van der Waals surface area contributed by atoms with Crippen LogP contribution in [0, 0.1) is 0 Å². The van der Waals surface area contributed by atoms with Crippen LogP contribution in [0.15, 0.2) is 0 Å². The van der Waals surface area contributed by atoms with Gasteiger partial charge in [-0.1, -0.05) is 96.8 Å². The quantitative estimate of drug-likeness (QED) is 0.291. The number of carbonyl (C=O) groups excluding carboxylic acids is 1. The molecule has 0 aliphatic carbocycles. The minimum Gasteiger partial charge on any atom is -0.511 e. The van der Waals surface area contributed by atoms with Gasteiger partial charge in [-0.05, 0) is 6.42 Å². The maximum absolute atomic E-state index is 11.0. The van der Waals surface area contributed by atoms with Gasteiger partial charge in [0.15, 0.2) is 0 Å². The zero-order valence-corrected chi connectivity index (χ0v) is 16.0. The van der Waals surface area contributed by atoms with Crippen molar-refractivity contribution in [2.45, 2.75) is 110 Å². The predicted octanol–water partition coefficient (Wildman–Crippen LogP) is 5.20. The Hall–Kier alpha value is -0.713. The van der Waals surface area contributed by atoms with Crippen molar-refractivity contribution >= 4 is 15.1 Å². The third-order valence-electron chi connectivity index (χ3n) is 4.19. The van der Waals surface area contributed by atoms with E-state index in [0.717, 1.165) is 19.3 Å². The normalized spacial score (nSPS) is 10.7. The Morgan fingerprint density at radius 3 is 1.43 bits per heavy atom. The Morgan fingerprint density at radius 2 is 1.09 bits per heavy atom. The maximum atomic E-state index is 11.0. The van der Waals surface area contributed by atoms with Crippen LogP contribution in [0.5, 0.6) is 0 Å². The first-order chi connectivity index (χ1) is 11.2. The van der Waals surface area contributed by atoms with E-state index in [0.29, 0.717) is 0 Å². The Bertz CT molecular complexity index is 295. The highest BCUT2D eigenvalue weighted by Gasteiger charge is 2.11. The fraction of sp³-hybridized carbons (Fsp3) is 0.944. The lowest BCUT2D eigenvalue weighted by atomic mass is 10.0. The molecule has 0 aliphatic rings. The van der Waals surface area contributed by atoms with E-state index in [1.165, 1.54) is 77.0 Å². The van der Waals surface area contributed by atoms with E-state index in [9.17, 15) is 9.26 Å². The second-order valence-electron chi connectivity index (χ2n) is 6.44. The Balaban J connectivity index is 3.08. The smallest absolute Gasteiger partial charge is 0.511 e. The fourth-order valence-electron chi connectivity index (χ4n) is 2.79. The minimum atomic E-state index is -3.10. The Morgan fingerprint density at radius 1 is 0.739 bits per heavy atom. The molecule has 0 aliphatic heterocycles. The molecule has 5 heteroatoms. The Kier molecular flexibility index (Phi) is 17.1. The molecule has 0 saturated carbocycles. The molecular formula is C18H36O4Si. The summed E-state index contributed by atoms with van der Waals surface area (Å²) in [5, 5.41) is 0. The number of hydrogen-bond acceptors (Lipinski definition) is 3. The van der Waals surface area contributed by atoms with Crippen LogP contribution in [0.1, 0.15) is 110 Å². The monoisotopic (exact) mass is 344 g/mol. The second-order valence-corrected chi connectivity index (χ2v) is 7.18. The summed E-state index contributed by atoms with van der Waals surface area (Å²) < 4.78 is 14.5. The van der Waals surface area contributed by atoms with Gasteiger partial charge in [-0.3, -0.25) is 9.26 Å². The summed E-state index contributed by atoms with van der Waals surface area (Å²) in [7, 11) is -3.10. The topological polar surface area (TPSA) is 63.6 Å². The molecule has 0 radical (unpaired) electrons. The molecule has 0 aromatic heterocycles. The van der Waals surface area contributed by atoms with E-state index >= 15 is 0 Å². The molecular weight excluding hydrogens is 308 g/mol. The van der Waals surface area contributed by atoms with Gasteiger partial charge in [0, 0.05) is 6.42 Å². The van der Waals surface area contributed by atoms with Gasteiger partial charge >= 0.3 is 15.1 Å². The van der Waals surface area contributed by atoms with Gasteiger partial charge in [0.2, 0.25) is 0 Å². The molecule has 4 nitrogen and oxygen atoms in total. The van der Waals surface area contributed by atoms with Crippen molar-refractivity contribution < 1.29 is 18.5 Å². The van der Waals surface area contributed by atoms with Crippen LogP contribution in [-0.4, -0.2) is 19.9 Å². The van der Waals surface area contributed by atoms with Crippen LogP contribution in [0.25, 0.3) is 0 Å². The first-order valence-corrected chi connectivity index (χ1v) is 10.9. The van der Waals surface area contributed by atoms with Crippen molar-refractivity contribution in [3.8, 4) is 0 Å². The number of hydrogen-bond donors (Lipinski definition) is 1. The molecule has 0 saturated heterocycles. The van der Waals surface area contributed by atoms with Crippen LogP contribution in [-0.2, 0) is 13.7 Å². The molecule has 1 N–H and O–H groups in total. The summed E-state index contributed by atoms with van der Waals surface area (Å²) in [4.78, 5) is 19.5. The zero-order chi connectivity index (χ0) is 17.2. The highest BCUT2D eigenvalue weighted by atomic mass is 28.3. The lowest BCUT2D eigenvalue weighted by Gasteiger charge is -2.03. The summed E-state index contributed by atoms with van der Waals surface area (Å²) in [5.74, 6) is -0.550. The molecule has 0 bridgehead atoms. The molecule has 0 unspecified atom stereocenters. The van der Waals surface area contributed by atoms with Gasteiger partial charge in [0.05, 0.1) is 0 Å². The average molecular weight is 345 g/mol. The third kappa shape index (κ3) is 19.2. The van der Waals surface area contributed by atoms with Crippen molar-refractivity contribution in [1.29, 1.82) is 0 Å². The fourth-order valence-corrected chi connectivity index (χ4v) is 3.09. The van der Waals surface area contributed by atoms with Crippen LogP contribution in [0.4, 0.5) is 0 Å². The van der Waals surface area contributed by atoms with Crippen molar-refractivity contribution in [2.75, 3.05) is 0 Å². The van der Waals surface area contributed by atoms with Gasteiger partial charge < -0.3 is 9.22 Å². The predicted molar refractivity (Wildman–Crippen MR) is 94.3 cm³/mol. The van der Waals surface area contributed by atoms with Crippen LogP contribution in [0.3, 0.4) is 0 Å². The molecule has 23 heavy (non-hydrogen) atoms. The summed E-state index contributed by atoms with van der Waals surface area (Å²) >= 11 is 0. The van der Waals surface area contributed by atoms with Crippen LogP contribution in [0.2, 0.25) is 0 Å². The largest absolute Gasteiger partial charge is 0.772 e. The van der Waals surface area contributed by atoms with E-state index in [1.54, 1.807) is 0 Å². The standard InChI is InChI=1S/C18H36O4Si/c1-2-3-4-5-6-7-8-9-10-11-12-13-14-15-16-17-18(19)22-23(20)21/h20H,2-17H2,1H3. The van der Waals surface area contributed by atoms with Crippen molar-refractivity contribution in [1.82, 2.24) is 0 Å². The minimum absolute atomic E-state index is 0.259. The van der Waals surface area contributed by atoms with Crippen molar-refractivity contribution in [2.24, 2.45) is 0 Å². The highest BCUT2D eigenvalue weighted by molar-refractivity contribution is 6.27. The van der Waals surface area contributed by atoms with Gasteiger partial charge in [-0.25, -0.2) is 0 Å². The van der Waals surface area contributed by atoms with E-state index in [1.807, 2.05) is 0 Å². The summed E-state index contributed by atoms with van der Waals surface area (Å²) in [5.41, 5.74) is 0. The molecule has 136 valence electrons. The van der Waals surface area contributed by atoms with E-state index < -0.39 is 15.1 Å². The average Bonchev–Trinajstić information content (AvgIpc) is 2.50. The third-order valence-corrected chi connectivity index (χ3v) is 4.59. The molecule has 0 aromatic carbocycles. The molecule has 0 heterocycles. The summed E-state index contributed by atoms with van der Waals surface area (Å²) in [6.45, 7) is 2.26. The van der Waals surface area contributed by atoms with Crippen LogP contribution >= 0.6 is 0 Å². The van der Waals surface area contributed by atoms with E-state index in [2.05, 4.69) is 11.3 Å². The first kappa shape index (κ1) is 22.3. The lowest BCUT2D eigenvalue weighted by Crippen LogP contribution is -2.12. The van der Waals surface area contributed by atoms with Gasteiger partial charge in [0.1, 0.15) is 0 Å². The second kappa shape index (κ2) is 17.6. The Labute approximate surface area is 143 Å². The van der Waals surface area contributed by atoms with E-state index in [-0.39, 0.29) is 6.42 Å². The van der Waals surface area contributed by atoms with Crippen molar-refractivity contribution in [3.05, 3.63) is 0 Å². The van der Waals surface area contributed by atoms with Crippen LogP contribution < -0.4 is 0 Å². The molecule has 0 rings (SSSR count). The van der Waals surface area contributed by atoms with Gasteiger partial charge in [-0.15, -0.1) is 0 Å². The van der Waals surface area contributed by atoms with E-state index in [4.69, 9.17) is 4.80 Å². The summed E-state index contributed by atoms with van der Waals surface area (Å²) in [6.07, 6.45) is 19.5. The number of rotatable bonds is 17. The van der Waals surface area contributed by atoms with Gasteiger partial charge in [0.25, 0.3) is 0 Å². The molecule has 0 spiro atoms. The maximum Gasteiger partial charge on any atom is 0.772 e. The highest BCUT2D eigenvalue weighted by Crippen LogP contribution is 2.13. The number of unbranched alkanes of at least 4 members (excludes halogenated alkanes) is 14. The zero-order valence-electron chi connectivity index (χ0n) is 15.0. The summed E-state index contributed by atoms with van der Waals surface area (Å²) in [6, 6.07) is 0. The first-order valence-electron chi connectivity index (χ1n) is 9.60. The molecule has 0 fully saturated rings. The number of carbonyl (C=O) groups is 1. The lowest BCUT2D eigenvalue weighted by molar-refractivity contribution is -0.136. The molecule has 0 amide bonds. The molecule has 0 atom stereocenters. The van der Waals surface area contributed by atoms with Gasteiger partial charge in [-0.2, -0.15) is 0 Å². The van der Waals surface area contributed by atoms with Crippen molar-refractivity contribution in [3.63, 3.8) is 0 Å². The molecule has 0 aromatic rings.